The van der Waals surface area contributed by atoms with Crippen molar-refractivity contribution in [1.29, 1.82) is 0 Å². The Morgan fingerprint density at radius 1 is 0.955 bits per heavy atom. The number of para-hydroxylation sites is 1. The SMILES string of the molecule is Cc1ccccc1-n1nc(C(F)F)c(-c2ccccc2)c1F. The van der Waals surface area contributed by atoms with Crippen molar-refractivity contribution in [2.24, 2.45) is 0 Å². The van der Waals surface area contributed by atoms with E-state index in [0.717, 1.165) is 10.2 Å². The molecule has 0 spiro atoms. The van der Waals surface area contributed by atoms with Gasteiger partial charge >= 0.3 is 0 Å². The predicted octanol–water partition coefficient (Wildman–Crippen LogP) is 4.92. The monoisotopic (exact) mass is 302 g/mol. The number of aromatic nitrogens is 2. The molecule has 3 aromatic rings. The Morgan fingerprint density at radius 2 is 1.59 bits per heavy atom. The highest BCUT2D eigenvalue weighted by atomic mass is 19.3. The summed E-state index contributed by atoms with van der Waals surface area (Å²) in [5.41, 5.74) is 0.884. The van der Waals surface area contributed by atoms with Gasteiger partial charge in [0.15, 0.2) is 0 Å². The minimum absolute atomic E-state index is 0.154. The van der Waals surface area contributed by atoms with Crippen molar-refractivity contribution < 1.29 is 13.2 Å². The van der Waals surface area contributed by atoms with Crippen molar-refractivity contribution in [3.8, 4) is 16.8 Å². The Morgan fingerprint density at radius 3 is 2.23 bits per heavy atom. The second-order valence-corrected chi connectivity index (χ2v) is 4.92. The summed E-state index contributed by atoms with van der Waals surface area (Å²) in [4.78, 5) is 0. The molecule has 0 amide bonds. The van der Waals surface area contributed by atoms with Gasteiger partial charge in [-0.15, -0.1) is 0 Å². The Labute approximate surface area is 125 Å². The Balaban J connectivity index is 2.26. The van der Waals surface area contributed by atoms with E-state index in [1.54, 1.807) is 61.5 Å². The quantitative estimate of drug-likeness (QED) is 0.671. The van der Waals surface area contributed by atoms with E-state index >= 15 is 0 Å². The van der Waals surface area contributed by atoms with Crippen LogP contribution in [0.2, 0.25) is 0 Å². The van der Waals surface area contributed by atoms with Gasteiger partial charge in [-0.05, 0) is 24.1 Å². The van der Waals surface area contributed by atoms with Crippen molar-refractivity contribution in [1.82, 2.24) is 9.78 Å². The number of halogens is 3. The maximum absolute atomic E-state index is 14.8. The van der Waals surface area contributed by atoms with Crippen LogP contribution in [0.3, 0.4) is 0 Å². The lowest BCUT2D eigenvalue weighted by molar-refractivity contribution is 0.146. The largest absolute Gasteiger partial charge is 0.282 e. The van der Waals surface area contributed by atoms with Crippen LogP contribution in [0, 0.1) is 12.9 Å². The number of hydrogen-bond acceptors (Lipinski definition) is 1. The molecule has 3 rings (SSSR count). The molecule has 0 saturated heterocycles. The fraction of sp³-hybridized carbons (Fsp3) is 0.118. The first kappa shape index (κ1) is 14.4. The minimum Gasteiger partial charge on any atom is -0.205 e. The topological polar surface area (TPSA) is 17.8 Å². The van der Waals surface area contributed by atoms with Gasteiger partial charge in [0.2, 0.25) is 5.95 Å². The standard InChI is InChI=1S/C17H13F3N2/c1-11-7-5-6-10-13(11)22-17(20)14(15(21-22)16(18)19)12-8-3-2-4-9-12/h2-10,16H,1H3. The predicted molar refractivity (Wildman–Crippen MR) is 78.7 cm³/mol. The van der Waals surface area contributed by atoms with Crippen molar-refractivity contribution in [2.75, 3.05) is 0 Å². The molecule has 0 aliphatic rings. The lowest BCUT2D eigenvalue weighted by Crippen LogP contribution is -2.02. The molecule has 0 aliphatic heterocycles. The summed E-state index contributed by atoms with van der Waals surface area (Å²) in [5.74, 6) is -0.782. The third-order valence-electron chi connectivity index (χ3n) is 3.47. The molecule has 1 aromatic heterocycles. The van der Waals surface area contributed by atoms with E-state index in [9.17, 15) is 13.2 Å². The van der Waals surface area contributed by atoms with E-state index in [1.807, 2.05) is 0 Å². The van der Waals surface area contributed by atoms with Crippen LogP contribution in [0.15, 0.2) is 54.6 Å². The van der Waals surface area contributed by atoms with Crippen LogP contribution in [-0.4, -0.2) is 9.78 Å². The molecule has 0 saturated carbocycles. The first-order valence-corrected chi connectivity index (χ1v) is 6.77. The molecule has 0 bridgehead atoms. The molecule has 0 atom stereocenters. The fourth-order valence-corrected chi connectivity index (χ4v) is 2.40. The molecule has 1 heterocycles. The van der Waals surface area contributed by atoms with E-state index in [2.05, 4.69) is 5.10 Å². The zero-order valence-corrected chi connectivity index (χ0v) is 11.8. The first-order valence-electron chi connectivity index (χ1n) is 6.77. The molecule has 22 heavy (non-hydrogen) atoms. The van der Waals surface area contributed by atoms with Crippen LogP contribution >= 0.6 is 0 Å². The summed E-state index contributed by atoms with van der Waals surface area (Å²) in [7, 11) is 0. The van der Waals surface area contributed by atoms with Crippen LogP contribution in [0.5, 0.6) is 0 Å². The molecular formula is C17H13F3N2. The zero-order valence-electron chi connectivity index (χ0n) is 11.8. The Bertz CT molecular complexity index is 795. The summed E-state index contributed by atoms with van der Waals surface area (Å²) in [5, 5.41) is 3.81. The smallest absolute Gasteiger partial charge is 0.205 e. The molecular weight excluding hydrogens is 289 g/mol. The zero-order chi connectivity index (χ0) is 15.7. The highest BCUT2D eigenvalue weighted by Crippen LogP contribution is 2.34. The lowest BCUT2D eigenvalue weighted by Gasteiger charge is -2.06. The van der Waals surface area contributed by atoms with Gasteiger partial charge in [-0.2, -0.15) is 9.49 Å². The number of nitrogens with zero attached hydrogens (tertiary/aromatic N) is 2. The first-order chi connectivity index (χ1) is 10.6. The summed E-state index contributed by atoms with van der Waals surface area (Å²) in [6.45, 7) is 1.78. The van der Waals surface area contributed by atoms with Crippen LogP contribution in [-0.2, 0) is 0 Å². The third kappa shape index (κ3) is 2.39. The van der Waals surface area contributed by atoms with E-state index < -0.39 is 18.1 Å². The van der Waals surface area contributed by atoms with Crippen molar-refractivity contribution in [3.63, 3.8) is 0 Å². The summed E-state index contributed by atoms with van der Waals surface area (Å²) in [6.07, 6.45) is -2.85. The Hall–Kier alpha value is -2.56. The maximum atomic E-state index is 14.8. The van der Waals surface area contributed by atoms with E-state index in [4.69, 9.17) is 0 Å². The van der Waals surface area contributed by atoms with Gasteiger partial charge in [-0.1, -0.05) is 48.5 Å². The normalized spacial score (nSPS) is 11.1. The Kier molecular flexibility index (Phi) is 3.71. The number of rotatable bonds is 3. The number of aryl methyl sites for hydroxylation is 1. The molecule has 2 aromatic carbocycles. The highest BCUT2D eigenvalue weighted by molar-refractivity contribution is 5.67. The van der Waals surface area contributed by atoms with E-state index in [1.165, 1.54) is 0 Å². The molecule has 112 valence electrons. The van der Waals surface area contributed by atoms with Gasteiger partial charge in [0, 0.05) is 0 Å². The number of benzene rings is 2. The van der Waals surface area contributed by atoms with Crippen LogP contribution in [0.1, 0.15) is 17.7 Å². The minimum atomic E-state index is -2.85. The maximum Gasteiger partial charge on any atom is 0.282 e. The van der Waals surface area contributed by atoms with Gasteiger partial charge in [0.25, 0.3) is 6.43 Å². The molecule has 0 unspecified atom stereocenters. The van der Waals surface area contributed by atoms with Crippen LogP contribution in [0.4, 0.5) is 13.2 Å². The van der Waals surface area contributed by atoms with Crippen LogP contribution in [0.25, 0.3) is 16.8 Å². The van der Waals surface area contributed by atoms with Gasteiger partial charge in [-0.3, -0.25) is 0 Å². The average Bonchev–Trinajstić information content (AvgIpc) is 2.86. The van der Waals surface area contributed by atoms with Gasteiger partial charge in [-0.25, -0.2) is 13.5 Å². The molecule has 0 N–H and O–H groups in total. The fourth-order valence-electron chi connectivity index (χ4n) is 2.40. The van der Waals surface area contributed by atoms with E-state index in [0.29, 0.717) is 11.3 Å². The molecule has 0 aliphatic carbocycles. The van der Waals surface area contributed by atoms with Gasteiger partial charge < -0.3 is 0 Å². The van der Waals surface area contributed by atoms with Crippen molar-refractivity contribution in [2.45, 2.75) is 13.3 Å². The molecule has 0 radical (unpaired) electrons. The van der Waals surface area contributed by atoms with Crippen molar-refractivity contribution in [3.05, 3.63) is 71.8 Å². The van der Waals surface area contributed by atoms with Gasteiger partial charge in [0.1, 0.15) is 5.69 Å². The molecule has 0 fully saturated rings. The molecule has 2 nitrogen and oxygen atoms in total. The average molecular weight is 302 g/mol. The third-order valence-corrected chi connectivity index (χ3v) is 3.47. The summed E-state index contributed by atoms with van der Waals surface area (Å²) < 4.78 is 42.3. The second-order valence-electron chi connectivity index (χ2n) is 4.92. The van der Waals surface area contributed by atoms with Gasteiger partial charge in [0.05, 0.1) is 11.3 Å². The lowest BCUT2D eigenvalue weighted by atomic mass is 10.1. The van der Waals surface area contributed by atoms with Crippen molar-refractivity contribution >= 4 is 0 Å². The number of alkyl halides is 2. The molecule has 5 heteroatoms. The summed E-state index contributed by atoms with van der Waals surface area (Å²) in [6, 6.07) is 15.2. The number of hydrogen-bond donors (Lipinski definition) is 0. The highest BCUT2D eigenvalue weighted by Gasteiger charge is 2.26. The second kappa shape index (κ2) is 5.67. The summed E-state index contributed by atoms with van der Waals surface area (Å²) >= 11 is 0. The van der Waals surface area contributed by atoms with Crippen LogP contribution < -0.4 is 0 Å². The van der Waals surface area contributed by atoms with E-state index in [-0.39, 0.29) is 5.56 Å².